The average molecular weight is 279 g/mol. The first-order chi connectivity index (χ1) is 9.54. The minimum atomic E-state index is -0.267. The van der Waals surface area contributed by atoms with Gasteiger partial charge in [-0.05, 0) is 13.0 Å². The molecule has 0 saturated carbocycles. The van der Waals surface area contributed by atoms with Crippen LogP contribution >= 0.6 is 0 Å². The Morgan fingerprint density at radius 3 is 2.90 bits per heavy atom. The standard InChI is InChI=1S/C14H21N3O3/c1-9(11-4-3-10(18)7-13(11)19)17-6-5-16-8-12(17)14(20)15-2/h3-4,7,9,12,16,18-19H,5-6,8H2,1-2H3,(H,15,20). The Morgan fingerprint density at radius 2 is 2.25 bits per heavy atom. The topological polar surface area (TPSA) is 84.8 Å². The molecule has 0 bridgehead atoms. The number of hydrogen-bond acceptors (Lipinski definition) is 5. The molecule has 1 aromatic carbocycles. The van der Waals surface area contributed by atoms with Crippen LogP contribution in [0.1, 0.15) is 18.5 Å². The Hall–Kier alpha value is -1.79. The molecule has 1 amide bonds. The SMILES string of the molecule is CNC(=O)C1CNCCN1C(C)c1ccc(O)cc1O. The van der Waals surface area contributed by atoms with E-state index in [4.69, 9.17) is 0 Å². The lowest BCUT2D eigenvalue weighted by atomic mass is 10.0. The third-order valence-electron chi connectivity index (χ3n) is 3.80. The van der Waals surface area contributed by atoms with E-state index < -0.39 is 0 Å². The van der Waals surface area contributed by atoms with Crippen molar-refractivity contribution in [2.45, 2.75) is 19.0 Å². The van der Waals surface area contributed by atoms with Crippen LogP contribution in [0.3, 0.4) is 0 Å². The number of rotatable bonds is 3. The summed E-state index contributed by atoms with van der Waals surface area (Å²) in [4.78, 5) is 14.0. The van der Waals surface area contributed by atoms with Gasteiger partial charge in [0.15, 0.2) is 0 Å². The Labute approximate surface area is 118 Å². The van der Waals surface area contributed by atoms with Gasteiger partial charge in [0.05, 0.1) is 0 Å². The molecule has 1 aliphatic rings. The highest BCUT2D eigenvalue weighted by Crippen LogP contribution is 2.32. The zero-order valence-corrected chi connectivity index (χ0v) is 11.8. The van der Waals surface area contributed by atoms with Crippen molar-refractivity contribution in [3.8, 4) is 11.5 Å². The summed E-state index contributed by atoms with van der Waals surface area (Å²) in [6.07, 6.45) is 0. The number of aromatic hydroxyl groups is 2. The zero-order chi connectivity index (χ0) is 14.7. The maximum absolute atomic E-state index is 12.0. The molecule has 0 aliphatic carbocycles. The number of likely N-dealkylation sites (N-methyl/N-ethyl adjacent to an activating group) is 1. The first kappa shape index (κ1) is 14.6. The number of amides is 1. The van der Waals surface area contributed by atoms with Gasteiger partial charge in [0.2, 0.25) is 5.91 Å². The van der Waals surface area contributed by atoms with Crippen molar-refractivity contribution in [1.29, 1.82) is 0 Å². The van der Waals surface area contributed by atoms with Crippen LogP contribution in [-0.2, 0) is 4.79 Å². The molecule has 0 radical (unpaired) electrons. The van der Waals surface area contributed by atoms with E-state index in [1.54, 1.807) is 19.2 Å². The smallest absolute Gasteiger partial charge is 0.238 e. The molecule has 6 heteroatoms. The Morgan fingerprint density at radius 1 is 1.50 bits per heavy atom. The van der Waals surface area contributed by atoms with Gasteiger partial charge in [-0.25, -0.2) is 0 Å². The van der Waals surface area contributed by atoms with Gasteiger partial charge in [-0.1, -0.05) is 6.07 Å². The number of nitrogens with zero attached hydrogens (tertiary/aromatic N) is 1. The van der Waals surface area contributed by atoms with Crippen molar-refractivity contribution < 1.29 is 15.0 Å². The van der Waals surface area contributed by atoms with Crippen LogP contribution in [-0.4, -0.2) is 53.7 Å². The number of nitrogens with one attached hydrogen (secondary N) is 2. The molecule has 20 heavy (non-hydrogen) atoms. The quantitative estimate of drug-likeness (QED) is 0.634. The Balaban J connectivity index is 2.25. The molecule has 1 saturated heterocycles. The van der Waals surface area contributed by atoms with E-state index in [0.717, 1.165) is 13.1 Å². The monoisotopic (exact) mass is 279 g/mol. The summed E-state index contributed by atoms with van der Waals surface area (Å²) in [7, 11) is 1.62. The van der Waals surface area contributed by atoms with Gasteiger partial charge < -0.3 is 20.8 Å². The lowest BCUT2D eigenvalue weighted by Gasteiger charge is -2.39. The number of piperazine rings is 1. The number of phenols is 2. The number of hydrogen-bond donors (Lipinski definition) is 4. The normalized spacial score (nSPS) is 21.4. The van der Waals surface area contributed by atoms with E-state index in [2.05, 4.69) is 15.5 Å². The molecule has 1 fully saturated rings. The summed E-state index contributed by atoms with van der Waals surface area (Å²) >= 11 is 0. The van der Waals surface area contributed by atoms with Crippen LogP contribution in [0.4, 0.5) is 0 Å². The third kappa shape index (κ3) is 2.86. The maximum atomic E-state index is 12.0. The summed E-state index contributed by atoms with van der Waals surface area (Å²) in [6, 6.07) is 4.18. The third-order valence-corrected chi connectivity index (χ3v) is 3.80. The largest absolute Gasteiger partial charge is 0.508 e. The number of benzene rings is 1. The van der Waals surface area contributed by atoms with E-state index in [9.17, 15) is 15.0 Å². The molecule has 4 N–H and O–H groups in total. The first-order valence-corrected chi connectivity index (χ1v) is 6.74. The summed E-state index contributed by atoms with van der Waals surface area (Å²) in [5.74, 6) is 0.0376. The summed E-state index contributed by atoms with van der Waals surface area (Å²) in [5.41, 5.74) is 0.707. The highest BCUT2D eigenvalue weighted by atomic mass is 16.3. The van der Waals surface area contributed by atoms with Crippen molar-refractivity contribution in [3.05, 3.63) is 23.8 Å². The Kier molecular flexibility index (Phi) is 4.46. The molecule has 0 aromatic heterocycles. The minimum Gasteiger partial charge on any atom is -0.508 e. The number of carbonyl (C=O) groups is 1. The van der Waals surface area contributed by atoms with Crippen molar-refractivity contribution >= 4 is 5.91 Å². The van der Waals surface area contributed by atoms with Gasteiger partial charge in [0, 0.05) is 44.4 Å². The van der Waals surface area contributed by atoms with Gasteiger partial charge in [-0.2, -0.15) is 0 Å². The molecule has 110 valence electrons. The fraction of sp³-hybridized carbons (Fsp3) is 0.500. The molecule has 1 heterocycles. The predicted molar refractivity (Wildman–Crippen MR) is 75.6 cm³/mol. The van der Waals surface area contributed by atoms with Crippen molar-refractivity contribution in [1.82, 2.24) is 15.5 Å². The van der Waals surface area contributed by atoms with E-state index in [1.807, 2.05) is 6.92 Å². The van der Waals surface area contributed by atoms with Crippen LogP contribution in [0.15, 0.2) is 18.2 Å². The first-order valence-electron chi connectivity index (χ1n) is 6.74. The number of phenolic OH excluding ortho intramolecular Hbond substituents is 2. The molecular formula is C14H21N3O3. The summed E-state index contributed by atoms with van der Waals surface area (Å²) < 4.78 is 0. The molecule has 1 aromatic rings. The van der Waals surface area contributed by atoms with Crippen molar-refractivity contribution in [2.24, 2.45) is 0 Å². The molecule has 1 aliphatic heterocycles. The highest BCUT2D eigenvalue weighted by Gasteiger charge is 2.32. The van der Waals surface area contributed by atoms with Crippen LogP contribution < -0.4 is 10.6 Å². The summed E-state index contributed by atoms with van der Waals surface area (Å²) in [6.45, 7) is 4.06. The number of carbonyl (C=O) groups excluding carboxylic acids is 1. The van der Waals surface area contributed by atoms with E-state index >= 15 is 0 Å². The summed E-state index contributed by atoms with van der Waals surface area (Å²) in [5, 5.41) is 25.2. The molecule has 2 atom stereocenters. The van der Waals surface area contributed by atoms with Crippen molar-refractivity contribution in [3.63, 3.8) is 0 Å². The van der Waals surface area contributed by atoms with Crippen LogP contribution in [0.5, 0.6) is 11.5 Å². The van der Waals surface area contributed by atoms with Crippen LogP contribution in [0.25, 0.3) is 0 Å². The minimum absolute atomic E-state index is 0.0293. The molecule has 6 nitrogen and oxygen atoms in total. The molecule has 2 unspecified atom stereocenters. The molecule has 0 spiro atoms. The second-order valence-electron chi connectivity index (χ2n) is 4.99. The second-order valence-corrected chi connectivity index (χ2v) is 4.99. The molecular weight excluding hydrogens is 258 g/mol. The fourth-order valence-electron chi connectivity index (χ4n) is 2.66. The van der Waals surface area contributed by atoms with Gasteiger partial charge in [-0.15, -0.1) is 0 Å². The van der Waals surface area contributed by atoms with Crippen LogP contribution in [0.2, 0.25) is 0 Å². The average Bonchev–Trinajstić information content (AvgIpc) is 2.46. The van der Waals surface area contributed by atoms with Gasteiger partial charge in [0.1, 0.15) is 17.5 Å². The fourth-order valence-corrected chi connectivity index (χ4v) is 2.66. The maximum Gasteiger partial charge on any atom is 0.238 e. The lowest BCUT2D eigenvalue weighted by Crippen LogP contribution is -2.57. The highest BCUT2D eigenvalue weighted by molar-refractivity contribution is 5.82. The lowest BCUT2D eigenvalue weighted by molar-refractivity contribution is -0.127. The van der Waals surface area contributed by atoms with E-state index in [1.165, 1.54) is 6.07 Å². The predicted octanol–water partition coefficient (Wildman–Crippen LogP) is 0.179. The van der Waals surface area contributed by atoms with E-state index in [0.29, 0.717) is 12.1 Å². The van der Waals surface area contributed by atoms with Gasteiger partial charge in [0.25, 0.3) is 0 Å². The zero-order valence-electron chi connectivity index (χ0n) is 11.8. The molecule has 2 rings (SSSR count). The van der Waals surface area contributed by atoms with E-state index in [-0.39, 0.29) is 29.5 Å². The Bertz CT molecular complexity index is 493. The van der Waals surface area contributed by atoms with Gasteiger partial charge in [-0.3, -0.25) is 9.69 Å². The second kappa shape index (κ2) is 6.11. The van der Waals surface area contributed by atoms with Gasteiger partial charge >= 0.3 is 0 Å². The van der Waals surface area contributed by atoms with Crippen LogP contribution in [0, 0.1) is 0 Å². The van der Waals surface area contributed by atoms with Crippen molar-refractivity contribution in [2.75, 3.05) is 26.7 Å².